The van der Waals surface area contributed by atoms with E-state index in [9.17, 15) is 10.1 Å². The summed E-state index contributed by atoms with van der Waals surface area (Å²) in [5, 5.41) is 14.4. The van der Waals surface area contributed by atoms with Gasteiger partial charge in [-0.15, -0.1) is 0 Å². The Hall–Kier alpha value is -1.42. The molecule has 2 aliphatic carbocycles. The Morgan fingerprint density at radius 2 is 1.84 bits per heavy atom. The van der Waals surface area contributed by atoms with Crippen LogP contribution in [0.1, 0.15) is 31.2 Å². The zero-order valence-corrected chi connectivity index (χ0v) is 11.0. The first-order chi connectivity index (χ1) is 9.25. The van der Waals surface area contributed by atoms with Crippen LogP contribution in [0.25, 0.3) is 0 Å². The summed E-state index contributed by atoms with van der Waals surface area (Å²) in [5.41, 5.74) is 1.02. The van der Waals surface area contributed by atoms with Crippen molar-refractivity contribution in [3.05, 3.63) is 39.9 Å². The molecule has 2 fully saturated rings. The molecule has 2 aliphatic rings. The normalized spacial score (nSPS) is 18.8. The van der Waals surface area contributed by atoms with E-state index in [2.05, 4.69) is 5.32 Å². The highest BCUT2D eigenvalue weighted by Crippen LogP contribution is 2.48. The maximum atomic E-state index is 10.9. The number of nitro groups is 1. The number of nitrogens with one attached hydrogen (secondary N) is 1. The third kappa shape index (κ3) is 3.13. The fourth-order valence-electron chi connectivity index (χ4n) is 2.98. The Morgan fingerprint density at radius 1 is 1.21 bits per heavy atom. The lowest BCUT2D eigenvalue weighted by molar-refractivity contribution is -0.385. The minimum atomic E-state index is -0.295. The molecule has 0 aromatic heterocycles. The molecule has 1 aromatic rings. The monoisotopic (exact) mass is 260 g/mol. The van der Waals surface area contributed by atoms with E-state index in [0.29, 0.717) is 6.54 Å². The molecule has 0 amide bonds. The van der Waals surface area contributed by atoms with Crippen LogP contribution < -0.4 is 5.32 Å². The minimum absolute atomic E-state index is 0.226. The van der Waals surface area contributed by atoms with Crippen LogP contribution >= 0.6 is 0 Å². The van der Waals surface area contributed by atoms with Crippen LogP contribution in [0.5, 0.6) is 0 Å². The predicted molar refractivity (Wildman–Crippen MR) is 73.7 cm³/mol. The molecule has 0 heterocycles. The largest absolute Gasteiger partial charge is 0.312 e. The summed E-state index contributed by atoms with van der Waals surface area (Å²) in [4.78, 5) is 10.6. The van der Waals surface area contributed by atoms with Gasteiger partial charge < -0.3 is 5.32 Å². The van der Waals surface area contributed by atoms with E-state index >= 15 is 0 Å². The maximum absolute atomic E-state index is 10.9. The zero-order valence-electron chi connectivity index (χ0n) is 11.0. The van der Waals surface area contributed by atoms with Crippen molar-refractivity contribution in [2.24, 2.45) is 17.8 Å². The molecule has 0 spiro atoms. The van der Waals surface area contributed by atoms with E-state index in [4.69, 9.17) is 0 Å². The van der Waals surface area contributed by atoms with Crippen LogP contribution in [-0.4, -0.2) is 11.5 Å². The second kappa shape index (κ2) is 5.29. The summed E-state index contributed by atoms with van der Waals surface area (Å²) in [6.07, 6.45) is 5.53. The molecule has 0 saturated heterocycles. The predicted octanol–water partition coefficient (Wildman–Crippen LogP) is 3.12. The number of para-hydroxylation sites is 1. The number of nitrogens with zero attached hydrogens (tertiary/aromatic N) is 1. The first-order valence-electron chi connectivity index (χ1n) is 7.18. The summed E-state index contributed by atoms with van der Waals surface area (Å²) in [6.45, 7) is 1.62. The van der Waals surface area contributed by atoms with Crippen molar-refractivity contribution in [3.8, 4) is 0 Å². The van der Waals surface area contributed by atoms with Crippen LogP contribution in [0, 0.1) is 27.9 Å². The summed E-state index contributed by atoms with van der Waals surface area (Å²) < 4.78 is 0. The first kappa shape index (κ1) is 12.6. The van der Waals surface area contributed by atoms with Crippen LogP contribution in [0.2, 0.25) is 0 Å². The molecule has 4 heteroatoms. The van der Waals surface area contributed by atoms with Gasteiger partial charge in [0.05, 0.1) is 4.92 Å². The molecule has 102 valence electrons. The van der Waals surface area contributed by atoms with Crippen LogP contribution in [0.15, 0.2) is 24.3 Å². The Kier molecular flexibility index (Phi) is 3.51. The van der Waals surface area contributed by atoms with Gasteiger partial charge in [0.25, 0.3) is 5.69 Å². The van der Waals surface area contributed by atoms with Crippen molar-refractivity contribution in [3.63, 3.8) is 0 Å². The van der Waals surface area contributed by atoms with Crippen molar-refractivity contribution in [2.75, 3.05) is 6.54 Å². The quantitative estimate of drug-likeness (QED) is 0.605. The summed E-state index contributed by atoms with van der Waals surface area (Å²) in [5.74, 6) is 2.65. The lowest BCUT2D eigenvalue weighted by atomic mass is 9.98. The number of nitro benzene ring substituents is 1. The Labute approximate surface area is 113 Å². The van der Waals surface area contributed by atoms with E-state index in [-0.39, 0.29) is 10.6 Å². The summed E-state index contributed by atoms with van der Waals surface area (Å²) >= 11 is 0. The van der Waals surface area contributed by atoms with Gasteiger partial charge in [-0.05, 0) is 50.0 Å². The Bertz CT molecular complexity index is 455. The molecule has 1 N–H and O–H groups in total. The van der Waals surface area contributed by atoms with Gasteiger partial charge in [0.2, 0.25) is 0 Å². The summed E-state index contributed by atoms with van der Waals surface area (Å²) in [6, 6.07) is 7.01. The molecule has 0 atom stereocenters. The molecule has 2 saturated carbocycles. The van der Waals surface area contributed by atoms with Crippen molar-refractivity contribution in [1.82, 2.24) is 5.32 Å². The Balaban J connectivity index is 1.55. The zero-order chi connectivity index (χ0) is 13.2. The minimum Gasteiger partial charge on any atom is -0.312 e. The fraction of sp³-hybridized carbons (Fsp3) is 0.600. The molecule has 0 aliphatic heterocycles. The number of hydrogen-bond donors (Lipinski definition) is 1. The van der Waals surface area contributed by atoms with Gasteiger partial charge in [0.1, 0.15) is 0 Å². The van der Waals surface area contributed by atoms with Gasteiger partial charge >= 0.3 is 0 Å². The van der Waals surface area contributed by atoms with Gasteiger partial charge in [-0.1, -0.05) is 18.2 Å². The third-order valence-corrected chi connectivity index (χ3v) is 4.34. The van der Waals surface area contributed by atoms with Crippen molar-refractivity contribution >= 4 is 5.69 Å². The molecule has 3 rings (SSSR count). The molecule has 0 unspecified atom stereocenters. The van der Waals surface area contributed by atoms with Crippen molar-refractivity contribution < 1.29 is 4.92 Å². The fourth-order valence-corrected chi connectivity index (χ4v) is 2.98. The lowest BCUT2D eigenvalue weighted by Crippen LogP contribution is -2.25. The molecule has 1 aromatic carbocycles. The highest BCUT2D eigenvalue weighted by Gasteiger charge is 2.40. The van der Waals surface area contributed by atoms with Gasteiger partial charge in [0.15, 0.2) is 0 Å². The van der Waals surface area contributed by atoms with Gasteiger partial charge in [-0.3, -0.25) is 10.1 Å². The van der Waals surface area contributed by atoms with Gasteiger partial charge in [0, 0.05) is 18.2 Å². The maximum Gasteiger partial charge on any atom is 0.273 e. The van der Waals surface area contributed by atoms with Crippen LogP contribution in [0.4, 0.5) is 5.69 Å². The van der Waals surface area contributed by atoms with E-state index in [1.165, 1.54) is 25.7 Å². The summed E-state index contributed by atoms with van der Waals surface area (Å²) in [7, 11) is 0. The molecular weight excluding hydrogens is 240 g/mol. The smallest absolute Gasteiger partial charge is 0.273 e. The molecule has 19 heavy (non-hydrogen) atoms. The molecule has 0 radical (unpaired) electrons. The van der Waals surface area contributed by atoms with Gasteiger partial charge in [-0.25, -0.2) is 0 Å². The molecule has 4 nitrogen and oxygen atoms in total. The van der Waals surface area contributed by atoms with E-state index in [1.807, 2.05) is 12.1 Å². The second-order valence-electron chi connectivity index (χ2n) is 5.86. The SMILES string of the molecule is O=[N+]([O-])c1ccccc1CNCC(C1CC1)C1CC1. The van der Waals surface area contributed by atoms with E-state index < -0.39 is 0 Å². The Morgan fingerprint density at radius 3 is 2.42 bits per heavy atom. The number of benzene rings is 1. The average molecular weight is 260 g/mol. The third-order valence-electron chi connectivity index (χ3n) is 4.34. The molecular formula is C15H20N2O2. The van der Waals surface area contributed by atoms with Crippen LogP contribution in [0.3, 0.4) is 0 Å². The lowest BCUT2D eigenvalue weighted by Gasteiger charge is -2.16. The topological polar surface area (TPSA) is 55.2 Å². The number of hydrogen-bond acceptors (Lipinski definition) is 3. The van der Waals surface area contributed by atoms with Crippen molar-refractivity contribution in [2.45, 2.75) is 32.2 Å². The van der Waals surface area contributed by atoms with Gasteiger partial charge in [-0.2, -0.15) is 0 Å². The standard InChI is InChI=1S/C15H20N2O2/c18-17(19)15-4-2-1-3-13(15)9-16-10-14(11-5-6-11)12-7-8-12/h1-4,11-12,14,16H,5-10H2. The second-order valence-corrected chi connectivity index (χ2v) is 5.86. The highest BCUT2D eigenvalue weighted by molar-refractivity contribution is 5.39. The first-order valence-corrected chi connectivity index (χ1v) is 7.18. The average Bonchev–Trinajstić information content (AvgIpc) is 3.28. The van der Waals surface area contributed by atoms with E-state index in [0.717, 1.165) is 29.9 Å². The highest BCUT2D eigenvalue weighted by atomic mass is 16.6. The van der Waals surface area contributed by atoms with E-state index in [1.54, 1.807) is 12.1 Å². The molecule has 0 bridgehead atoms. The number of rotatable bonds is 7. The van der Waals surface area contributed by atoms with Crippen molar-refractivity contribution in [1.29, 1.82) is 0 Å². The van der Waals surface area contributed by atoms with Crippen LogP contribution in [-0.2, 0) is 6.54 Å².